The number of sulfone groups is 1. The third-order valence-electron chi connectivity index (χ3n) is 2.42. The van der Waals surface area contributed by atoms with Crippen molar-refractivity contribution < 1.29 is 13.2 Å². The zero-order valence-corrected chi connectivity index (χ0v) is 8.28. The second-order valence-electron chi connectivity index (χ2n) is 3.43. The fraction of sp³-hybridized carbons (Fsp3) is 0.300. The van der Waals surface area contributed by atoms with Crippen LogP contribution < -0.4 is 0 Å². The summed E-state index contributed by atoms with van der Waals surface area (Å²) >= 11 is 0. The van der Waals surface area contributed by atoms with E-state index in [1.165, 1.54) is 0 Å². The van der Waals surface area contributed by atoms with Crippen LogP contribution in [0.4, 0.5) is 0 Å². The highest BCUT2D eigenvalue weighted by Crippen LogP contribution is 2.38. The molecule has 1 aromatic carbocycles. The van der Waals surface area contributed by atoms with E-state index < -0.39 is 15.1 Å². The Kier molecular flexibility index (Phi) is 2.15. The van der Waals surface area contributed by atoms with Gasteiger partial charge in [0.25, 0.3) is 0 Å². The molecule has 3 nitrogen and oxygen atoms in total. The number of hydrogen-bond acceptors (Lipinski definition) is 3. The number of carbonyl (C=O) groups excluding carboxylic acids is 1. The summed E-state index contributed by atoms with van der Waals surface area (Å²) in [4.78, 5) is 10.7. The largest absolute Gasteiger partial charge is 0.303 e. The van der Waals surface area contributed by atoms with Gasteiger partial charge >= 0.3 is 0 Å². The molecule has 2 atom stereocenters. The van der Waals surface area contributed by atoms with Gasteiger partial charge < -0.3 is 4.79 Å². The molecular weight excluding hydrogens is 200 g/mol. The Morgan fingerprint density at radius 3 is 2.36 bits per heavy atom. The van der Waals surface area contributed by atoms with Crippen molar-refractivity contribution in [3.8, 4) is 0 Å². The topological polar surface area (TPSA) is 51.2 Å². The molecule has 0 saturated heterocycles. The zero-order valence-electron chi connectivity index (χ0n) is 7.46. The quantitative estimate of drug-likeness (QED) is 0.701. The van der Waals surface area contributed by atoms with Crippen LogP contribution in [0.5, 0.6) is 0 Å². The highest BCUT2D eigenvalue weighted by atomic mass is 32.2. The summed E-state index contributed by atoms with van der Waals surface area (Å²) in [5, 5.41) is -0.484. The fourth-order valence-electron chi connectivity index (χ4n) is 1.47. The Morgan fingerprint density at radius 1 is 1.21 bits per heavy atom. The van der Waals surface area contributed by atoms with Crippen molar-refractivity contribution in [2.45, 2.75) is 16.6 Å². The van der Waals surface area contributed by atoms with Crippen molar-refractivity contribution in [3.63, 3.8) is 0 Å². The molecule has 0 radical (unpaired) electrons. The average Bonchev–Trinajstić information content (AvgIpc) is 2.98. The molecule has 2 rings (SSSR count). The van der Waals surface area contributed by atoms with E-state index in [0.717, 1.165) is 6.29 Å². The molecule has 14 heavy (non-hydrogen) atoms. The zero-order chi connectivity index (χ0) is 10.2. The summed E-state index contributed by atoms with van der Waals surface area (Å²) in [6, 6.07) is 8.27. The molecule has 1 fully saturated rings. The van der Waals surface area contributed by atoms with Crippen LogP contribution in [0, 0.1) is 5.92 Å². The number of hydrogen-bond donors (Lipinski definition) is 0. The monoisotopic (exact) mass is 210 g/mol. The molecule has 0 aliphatic heterocycles. The average molecular weight is 210 g/mol. The predicted molar refractivity (Wildman–Crippen MR) is 51.6 cm³/mol. The molecule has 1 saturated carbocycles. The lowest BCUT2D eigenvalue weighted by molar-refractivity contribution is -0.108. The van der Waals surface area contributed by atoms with Gasteiger partial charge in [-0.15, -0.1) is 0 Å². The maximum Gasteiger partial charge on any atom is 0.181 e. The summed E-state index contributed by atoms with van der Waals surface area (Å²) in [6.07, 6.45) is 1.20. The van der Waals surface area contributed by atoms with E-state index in [1.54, 1.807) is 30.3 Å². The number of aldehydes is 1. The molecule has 1 aliphatic carbocycles. The second-order valence-corrected chi connectivity index (χ2v) is 5.60. The minimum absolute atomic E-state index is 0.291. The van der Waals surface area contributed by atoms with Crippen molar-refractivity contribution in [3.05, 3.63) is 30.3 Å². The van der Waals surface area contributed by atoms with Crippen molar-refractivity contribution in [2.75, 3.05) is 0 Å². The van der Waals surface area contributed by atoms with E-state index in [4.69, 9.17) is 0 Å². The van der Waals surface area contributed by atoms with Crippen molar-refractivity contribution in [1.29, 1.82) is 0 Å². The molecule has 0 aromatic heterocycles. The summed E-state index contributed by atoms with van der Waals surface area (Å²) in [5.74, 6) is -0.291. The lowest BCUT2D eigenvalue weighted by atomic mass is 10.4. The molecule has 0 heterocycles. The number of carbonyl (C=O) groups is 1. The van der Waals surface area contributed by atoms with Crippen LogP contribution in [-0.2, 0) is 14.6 Å². The highest BCUT2D eigenvalue weighted by molar-refractivity contribution is 7.92. The smallest absolute Gasteiger partial charge is 0.181 e. The van der Waals surface area contributed by atoms with Gasteiger partial charge in [0.05, 0.1) is 10.1 Å². The molecule has 0 amide bonds. The van der Waals surface area contributed by atoms with Gasteiger partial charge in [-0.3, -0.25) is 0 Å². The SMILES string of the molecule is O=C[C@H]1C[C@@H]1S(=O)(=O)c1ccccc1. The van der Waals surface area contributed by atoms with E-state index >= 15 is 0 Å². The van der Waals surface area contributed by atoms with Crippen LogP contribution in [-0.4, -0.2) is 20.0 Å². The predicted octanol–water partition coefficient (Wildman–Crippen LogP) is 1.05. The Balaban J connectivity index is 2.31. The second kappa shape index (κ2) is 3.20. The molecule has 4 heteroatoms. The van der Waals surface area contributed by atoms with Crippen LogP contribution in [0.3, 0.4) is 0 Å². The van der Waals surface area contributed by atoms with Crippen LogP contribution in [0.2, 0.25) is 0 Å². The van der Waals surface area contributed by atoms with Crippen molar-refractivity contribution >= 4 is 16.1 Å². The van der Waals surface area contributed by atoms with Gasteiger partial charge in [0.1, 0.15) is 6.29 Å². The molecule has 0 unspecified atom stereocenters. The minimum atomic E-state index is -3.26. The summed E-state index contributed by atoms with van der Waals surface area (Å²) in [6.45, 7) is 0. The number of rotatable bonds is 3. The molecule has 1 aliphatic rings. The minimum Gasteiger partial charge on any atom is -0.303 e. The third-order valence-corrected chi connectivity index (χ3v) is 4.69. The van der Waals surface area contributed by atoms with Gasteiger partial charge in [0, 0.05) is 5.92 Å². The van der Waals surface area contributed by atoms with Crippen molar-refractivity contribution in [2.24, 2.45) is 5.92 Å². The first kappa shape index (κ1) is 9.40. The molecule has 1 aromatic rings. The number of benzene rings is 1. The standard InChI is InChI=1S/C10H10O3S/c11-7-8-6-10(8)14(12,13)9-4-2-1-3-5-9/h1-5,7-8,10H,6H2/t8-,10+/m1/s1. The molecule has 74 valence electrons. The van der Waals surface area contributed by atoms with Crippen LogP contribution in [0.25, 0.3) is 0 Å². The Hall–Kier alpha value is -1.16. The van der Waals surface area contributed by atoms with Crippen molar-refractivity contribution in [1.82, 2.24) is 0 Å². The van der Waals surface area contributed by atoms with E-state index in [-0.39, 0.29) is 5.92 Å². The first-order valence-electron chi connectivity index (χ1n) is 4.40. The third kappa shape index (κ3) is 1.46. The van der Waals surface area contributed by atoms with Gasteiger partial charge in [0.2, 0.25) is 0 Å². The van der Waals surface area contributed by atoms with Crippen LogP contribution in [0.1, 0.15) is 6.42 Å². The van der Waals surface area contributed by atoms with E-state index in [9.17, 15) is 13.2 Å². The van der Waals surface area contributed by atoms with Gasteiger partial charge in [0.15, 0.2) is 9.84 Å². The lowest BCUT2D eigenvalue weighted by Crippen LogP contribution is -2.09. The van der Waals surface area contributed by atoms with E-state index in [2.05, 4.69) is 0 Å². The molecule has 0 N–H and O–H groups in total. The van der Waals surface area contributed by atoms with E-state index in [1.807, 2.05) is 0 Å². The van der Waals surface area contributed by atoms with Crippen LogP contribution >= 0.6 is 0 Å². The summed E-state index contributed by atoms with van der Waals surface area (Å²) in [7, 11) is -3.26. The van der Waals surface area contributed by atoms with Crippen LogP contribution in [0.15, 0.2) is 35.2 Å². The Morgan fingerprint density at radius 2 is 1.86 bits per heavy atom. The van der Waals surface area contributed by atoms with Gasteiger partial charge in [-0.25, -0.2) is 8.42 Å². The van der Waals surface area contributed by atoms with Gasteiger partial charge in [-0.2, -0.15) is 0 Å². The van der Waals surface area contributed by atoms with Gasteiger partial charge in [-0.05, 0) is 18.6 Å². The normalized spacial score (nSPS) is 25.7. The Labute approximate surface area is 82.7 Å². The summed E-state index contributed by atoms with van der Waals surface area (Å²) < 4.78 is 23.6. The fourth-order valence-corrected chi connectivity index (χ4v) is 3.36. The molecular formula is C10H10O3S. The first-order chi connectivity index (χ1) is 6.66. The lowest BCUT2D eigenvalue weighted by Gasteiger charge is -2.00. The summed E-state index contributed by atoms with van der Waals surface area (Å²) in [5.41, 5.74) is 0. The maximum atomic E-state index is 11.8. The van der Waals surface area contributed by atoms with E-state index in [0.29, 0.717) is 11.3 Å². The van der Waals surface area contributed by atoms with Gasteiger partial charge in [-0.1, -0.05) is 18.2 Å². The molecule has 0 bridgehead atoms. The maximum absolute atomic E-state index is 11.8. The highest BCUT2D eigenvalue weighted by Gasteiger charge is 2.47. The molecule has 0 spiro atoms. The Bertz CT molecular complexity index is 436. The first-order valence-corrected chi connectivity index (χ1v) is 5.95.